The molecule has 1 aliphatic rings. The van der Waals surface area contributed by atoms with Gasteiger partial charge in [0.15, 0.2) is 17.2 Å². The van der Waals surface area contributed by atoms with Gasteiger partial charge in [0, 0.05) is 31.1 Å². The standard InChI is InChI=1S/C16H22N2O5/c1-2-3-14(21)18-6-4-11(5-7-18)17-16(23)10-8-12(19)15(22)13(20)9-10/h8-9,11,19-20,22H,2-7H2,1H3,(H,17,23). The van der Waals surface area contributed by atoms with Gasteiger partial charge in [0.2, 0.25) is 5.91 Å². The molecular formula is C16H22N2O5. The molecule has 0 atom stereocenters. The number of carbonyl (C=O) groups excluding carboxylic acids is 2. The zero-order chi connectivity index (χ0) is 17.0. The third-order valence-electron chi connectivity index (χ3n) is 3.98. The molecule has 0 saturated carbocycles. The normalized spacial score (nSPS) is 15.4. The number of phenolic OH excluding ortho intramolecular Hbond substituents is 3. The van der Waals surface area contributed by atoms with E-state index in [9.17, 15) is 24.9 Å². The van der Waals surface area contributed by atoms with Gasteiger partial charge in [-0.15, -0.1) is 0 Å². The minimum Gasteiger partial charge on any atom is -0.504 e. The van der Waals surface area contributed by atoms with Crippen molar-refractivity contribution in [2.45, 2.75) is 38.6 Å². The molecule has 0 bridgehead atoms. The zero-order valence-corrected chi connectivity index (χ0v) is 13.1. The Hall–Kier alpha value is -2.44. The Bertz CT molecular complexity index is 571. The van der Waals surface area contributed by atoms with Crippen LogP contribution in [0.1, 0.15) is 43.0 Å². The summed E-state index contributed by atoms with van der Waals surface area (Å²) in [5.41, 5.74) is 0.0716. The maximum Gasteiger partial charge on any atom is 0.251 e. The van der Waals surface area contributed by atoms with Crippen LogP contribution in [0.25, 0.3) is 0 Å². The van der Waals surface area contributed by atoms with Crippen molar-refractivity contribution in [3.63, 3.8) is 0 Å². The largest absolute Gasteiger partial charge is 0.504 e. The molecule has 7 heteroatoms. The van der Waals surface area contributed by atoms with Crippen LogP contribution in [0.4, 0.5) is 0 Å². The van der Waals surface area contributed by atoms with Gasteiger partial charge in [0.1, 0.15) is 0 Å². The van der Waals surface area contributed by atoms with E-state index in [4.69, 9.17) is 0 Å². The number of piperidine rings is 1. The van der Waals surface area contributed by atoms with Crippen molar-refractivity contribution >= 4 is 11.8 Å². The molecule has 0 aromatic heterocycles. The molecule has 126 valence electrons. The number of phenols is 3. The van der Waals surface area contributed by atoms with Crippen molar-refractivity contribution in [2.75, 3.05) is 13.1 Å². The van der Waals surface area contributed by atoms with E-state index >= 15 is 0 Å². The summed E-state index contributed by atoms with van der Waals surface area (Å²) < 4.78 is 0. The molecule has 1 aliphatic heterocycles. The molecule has 1 fully saturated rings. The van der Waals surface area contributed by atoms with Crippen molar-refractivity contribution in [1.29, 1.82) is 0 Å². The van der Waals surface area contributed by atoms with Gasteiger partial charge in [-0.1, -0.05) is 6.92 Å². The van der Waals surface area contributed by atoms with E-state index in [-0.39, 0.29) is 17.5 Å². The molecule has 7 nitrogen and oxygen atoms in total. The van der Waals surface area contributed by atoms with Crippen LogP contribution in [0, 0.1) is 0 Å². The lowest BCUT2D eigenvalue weighted by atomic mass is 10.0. The molecule has 23 heavy (non-hydrogen) atoms. The van der Waals surface area contributed by atoms with Crippen LogP contribution < -0.4 is 5.32 Å². The fourth-order valence-electron chi connectivity index (χ4n) is 2.65. The van der Waals surface area contributed by atoms with Gasteiger partial charge >= 0.3 is 0 Å². The summed E-state index contributed by atoms with van der Waals surface area (Å²) >= 11 is 0. The fourth-order valence-corrected chi connectivity index (χ4v) is 2.65. The Morgan fingerprint density at radius 2 is 1.74 bits per heavy atom. The Morgan fingerprint density at radius 3 is 2.26 bits per heavy atom. The van der Waals surface area contributed by atoms with Crippen molar-refractivity contribution in [2.24, 2.45) is 0 Å². The van der Waals surface area contributed by atoms with Gasteiger partial charge in [0.25, 0.3) is 5.91 Å². The minimum atomic E-state index is -0.649. The lowest BCUT2D eigenvalue weighted by Gasteiger charge is -2.32. The first-order valence-corrected chi connectivity index (χ1v) is 7.76. The van der Waals surface area contributed by atoms with Gasteiger partial charge in [-0.3, -0.25) is 9.59 Å². The number of nitrogens with zero attached hydrogens (tertiary/aromatic N) is 1. The Kier molecular flexibility index (Phi) is 5.31. The topological polar surface area (TPSA) is 110 Å². The molecule has 0 aliphatic carbocycles. The highest BCUT2D eigenvalue weighted by molar-refractivity contribution is 5.95. The van der Waals surface area contributed by atoms with Crippen LogP contribution in [-0.2, 0) is 4.79 Å². The molecule has 1 heterocycles. The molecule has 4 N–H and O–H groups in total. The summed E-state index contributed by atoms with van der Waals surface area (Å²) in [6.45, 7) is 3.18. The summed E-state index contributed by atoms with van der Waals surface area (Å²) in [6, 6.07) is 2.14. The third kappa shape index (κ3) is 4.06. The minimum absolute atomic E-state index is 0.0636. The number of hydrogen-bond acceptors (Lipinski definition) is 5. The average molecular weight is 322 g/mol. The molecule has 0 spiro atoms. The summed E-state index contributed by atoms with van der Waals surface area (Å²) in [7, 11) is 0. The number of likely N-dealkylation sites (tertiary alicyclic amines) is 1. The Labute approximate surface area is 134 Å². The Morgan fingerprint density at radius 1 is 1.17 bits per heavy atom. The van der Waals surface area contributed by atoms with Gasteiger partial charge in [-0.2, -0.15) is 0 Å². The first-order valence-electron chi connectivity index (χ1n) is 7.76. The smallest absolute Gasteiger partial charge is 0.251 e. The van der Waals surface area contributed by atoms with Gasteiger partial charge in [-0.05, 0) is 31.4 Å². The van der Waals surface area contributed by atoms with E-state index in [1.165, 1.54) is 0 Å². The van der Waals surface area contributed by atoms with Crippen LogP contribution >= 0.6 is 0 Å². The number of hydrogen-bond donors (Lipinski definition) is 4. The number of aromatic hydroxyl groups is 3. The van der Waals surface area contributed by atoms with E-state index in [2.05, 4.69) is 5.32 Å². The molecule has 0 radical (unpaired) electrons. The van der Waals surface area contributed by atoms with E-state index in [0.29, 0.717) is 32.4 Å². The SMILES string of the molecule is CCCC(=O)N1CCC(NC(=O)c2cc(O)c(O)c(O)c2)CC1. The lowest BCUT2D eigenvalue weighted by Crippen LogP contribution is -2.46. The zero-order valence-electron chi connectivity index (χ0n) is 13.1. The van der Waals surface area contributed by atoms with Crippen LogP contribution in [0.15, 0.2) is 12.1 Å². The lowest BCUT2D eigenvalue weighted by molar-refractivity contribution is -0.132. The first-order chi connectivity index (χ1) is 10.9. The first kappa shape index (κ1) is 16.9. The number of amides is 2. The van der Waals surface area contributed by atoms with Gasteiger partial charge in [0.05, 0.1) is 0 Å². The number of nitrogens with one attached hydrogen (secondary N) is 1. The molecule has 1 aromatic carbocycles. The highest BCUT2D eigenvalue weighted by Gasteiger charge is 2.24. The number of benzene rings is 1. The highest BCUT2D eigenvalue weighted by atomic mass is 16.3. The van der Waals surface area contributed by atoms with Crippen LogP contribution in [-0.4, -0.2) is 51.2 Å². The molecular weight excluding hydrogens is 300 g/mol. The van der Waals surface area contributed by atoms with Crippen LogP contribution in [0.2, 0.25) is 0 Å². The average Bonchev–Trinajstić information content (AvgIpc) is 2.53. The third-order valence-corrected chi connectivity index (χ3v) is 3.98. The van der Waals surface area contributed by atoms with Crippen molar-refractivity contribution < 1.29 is 24.9 Å². The number of carbonyl (C=O) groups is 2. The van der Waals surface area contributed by atoms with Crippen molar-refractivity contribution in [3.05, 3.63) is 17.7 Å². The van der Waals surface area contributed by atoms with E-state index < -0.39 is 23.2 Å². The Balaban J connectivity index is 1.91. The van der Waals surface area contributed by atoms with Crippen molar-refractivity contribution in [3.8, 4) is 17.2 Å². The quantitative estimate of drug-likeness (QED) is 0.625. The van der Waals surface area contributed by atoms with E-state index in [1.54, 1.807) is 0 Å². The van der Waals surface area contributed by atoms with Crippen molar-refractivity contribution in [1.82, 2.24) is 10.2 Å². The molecule has 1 saturated heterocycles. The second-order valence-corrected chi connectivity index (χ2v) is 5.74. The van der Waals surface area contributed by atoms with Gasteiger partial charge in [-0.25, -0.2) is 0 Å². The fraction of sp³-hybridized carbons (Fsp3) is 0.500. The van der Waals surface area contributed by atoms with E-state index in [1.807, 2.05) is 11.8 Å². The van der Waals surface area contributed by atoms with Crippen LogP contribution in [0.3, 0.4) is 0 Å². The molecule has 0 unspecified atom stereocenters. The predicted molar refractivity (Wildman–Crippen MR) is 83.4 cm³/mol. The van der Waals surface area contributed by atoms with E-state index in [0.717, 1.165) is 18.6 Å². The summed E-state index contributed by atoms with van der Waals surface area (Å²) in [5.74, 6) is -2.03. The second kappa shape index (κ2) is 7.21. The highest BCUT2D eigenvalue weighted by Crippen LogP contribution is 2.35. The van der Waals surface area contributed by atoms with Crippen LogP contribution in [0.5, 0.6) is 17.2 Å². The predicted octanol–water partition coefficient (Wildman–Crippen LogP) is 1.32. The number of rotatable bonds is 4. The monoisotopic (exact) mass is 322 g/mol. The maximum atomic E-state index is 12.2. The molecule has 2 amide bonds. The molecule has 1 aromatic rings. The summed E-state index contributed by atoms with van der Waals surface area (Å²) in [6.07, 6.45) is 2.70. The second-order valence-electron chi connectivity index (χ2n) is 5.74. The summed E-state index contributed by atoms with van der Waals surface area (Å²) in [5, 5.41) is 31.0. The summed E-state index contributed by atoms with van der Waals surface area (Å²) in [4.78, 5) is 25.8. The van der Waals surface area contributed by atoms with Gasteiger partial charge < -0.3 is 25.5 Å². The maximum absolute atomic E-state index is 12.2. The molecule has 2 rings (SSSR count).